The maximum atomic E-state index is 9.14. The molecule has 1 heterocycles. The van der Waals surface area contributed by atoms with Crippen LogP contribution in [-0.4, -0.2) is 23.8 Å². The van der Waals surface area contributed by atoms with Gasteiger partial charge >= 0.3 is 0 Å². The van der Waals surface area contributed by atoms with Crippen molar-refractivity contribution in [2.75, 3.05) is 6.61 Å². The van der Waals surface area contributed by atoms with Crippen LogP contribution in [0.2, 0.25) is 0 Å². The van der Waals surface area contributed by atoms with E-state index in [1.807, 2.05) is 0 Å². The van der Waals surface area contributed by atoms with Crippen LogP contribution in [-0.2, 0) is 0 Å². The molecule has 1 saturated carbocycles. The standard InChI is InChI=1S/C11H21NO/c1-8-11-5-3-2-4-9(11)6-10(7-13)12-8/h8-13H,2-7H2,1H3. The topological polar surface area (TPSA) is 32.3 Å². The zero-order chi connectivity index (χ0) is 9.26. The van der Waals surface area contributed by atoms with Gasteiger partial charge in [-0.25, -0.2) is 0 Å². The fourth-order valence-corrected chi connectivity index (χ4v) is 3.24. The molecule has 0 aromatic heterocycles. The molecule has 4 atom stereocenters. The molecule has 0 spiro atoms. The van der Waals surface area contributed by atoms with E-state index in [1.54, 1.807) is 0 Å². The monoisotopic (exact) mass is 183 g/mol. The summed E-state index contributed by atoms with van der Waals surface area (Å²) in [7, 11) is 0. The Morgan fingerprint density at radius 2 is 2.08 bits per heavy atom. The number of rotatable bonds is 1. The van der Waals surface area contributed by atoms with Gasteiger partial charge in [-0.05, 0) is 31.6 Å². The Bertz CT molecular complexity index is 171. The minimum Gasteiger partial charge on any atom is -0.395 e. The van der Waals surface area contributed by atoms with E-state index in [4.69, 9.17) is 5.11 Å². The Morgan fingerprint density at radius 3 is 2.85 bits per heavy atom. The van der Waals surface area contributed by atoms with Crippen molar-refractivity contribution in [1.29, 1.82) is 0 Å². The van der Waals surface area contributed by atoms with E-state index >= 15 is 0 Å². The first-order valence-corrected chi connectivity index (χ1v) is 5.68. The van der Waals surface area contributed by atoms with Crippen LogP contribution in [0, 0.1) is 11.8 Å². The molecule has 2 nitrogen and oxygen atoms in total. The highest BCUT2D eigenvalue weighted by atomic mass is 16.3. The number of aliphatic hydroxyl groups is 1. The molecule has 1 aliphatic heterocycles. The summed E-state index contributed by atoms with van der Waals surface area (Å²) in [5.74, 6) is 1.78. The largest absolute Gasteiger partial charge is 0.395 e. The molecule has 2 heteroatoms. The lowest BCUT2D eigenvalue weighted by Gasteiger charge is -2.43. The zero-order valence-electron chi connectivity index (χ0n) is 8.50. The molecule has 2 N–H and O–H groups in total. The summed E-state index contributed by atoms with van der Waals surface area (Å²) < 4.78 is 0. The molecule has 1 aliphatic carbocycles. The summed E-state index contributed by atoms with van der Waals surface area (Å²) >= 11 is 0. The van der Waals surface area contributed by atoms with Crippen molar-refractivity contribution in [3.8, 4) is 0 Å². The third-order valence-electron chi connectivity index (χ3n) is 3.92. The van der Waals surface area contributed by atoms with Crippen molar-refractivity contribution in [3.05, 3.63) is 0 Å². The summed E-state index contributed by atoms with van der Waals surface area (Å²) in [5, 5.41) is 12.7. The number of aliphatic hydroxyl groups excluding tert-OH is 1. The Kier molecular flexibility index (Phi) is 2.89. The third-order valence-corrected chi connectivity index (χ3v) is 3.92. The summed E-state index contributed by atoms with van der Waals surface area (Å²) in [6, 6.07) is 0.991. The van der Waals surface area contributed by atoms with Crippen LogP contribution in [0.15, 0.2) is 0 Å². The van der Waals surface area contributed by atoms with Gasteiger partial charge in [0.25, 0.3) is 0 Å². The van der Waals surface area contributed by atoms with E-state index in [1.165, 1.54) is 32.1 Å². The number of hydrogen-bond donors (Lipinski definition) is 2. The molecule has 2 fully saturated rings. The van der Waals surface area contributed by atoms with Crippen LogP contribution >= 0.6 is 0 Å². The summed E-state index contributed by atoms with van der Waals surface area (Å²) in [6.45, 7) is 2.60. The van der Waals surface area contributed by atoms with Crippen molar-refractivity contribution in [2.45, 2.75) is 51.1 Å². The lowest BCUT2D eigenvalue weighted by Crippen LogP contribution is -2.52. The molecule has 2 rings (SSSR count). The minimum atomic E-state index is 0.313. The molecule has 1 saturated heterocycles. The lowest BCUT2D eigenvalue weighted by atomic mass is 9.70. The van der Waals surface area contributed by atoms with Crippen LogP contribution in [0.4, 0.5) is 0 Å². The van der Waals surface area contributed by atoms with Crippen molar-refractivity contribution < 1.29 is 5.11 Å². The fourth-order valence-electron chi connectivity index (χ4n) is 3.24. The highest BCUT2D eigenvalue weighted by Gasteiger charge is 2.35. The maximum absolute atomic E-state index is 9.14. The first-order valence-electron chi connectivity index (χ1n) is 5.68. The fraction of sp³-hybridized carbons (Fsp3) is 1.00. The Morgan fingerprint density at radius 1 is 1.31 bits per heavy atom. The predicted octanol–water partition coefficient (Wildman–Crippen LogP) is 1.54. The molecule has 0 amide bonds. The number of piperidine rings is 1. The second-order valence-corrected chi connectivity index (χ2v) is 4.78. The van der Waals surface area contributed by atoms with Gasteiger partial charge in [-0.3, -0.25) is 0 Å². The average molecular weight is 183 g/mol. The van der Waals surface area contributed by atoms with Gasteiger partial charge in [0.1, 0.15) is 0 Å². The minimum absolute atomic E-state index is 0.313. The molecule has 13 heavy (non-hydrogen) atoms. The SMILES string of the molecule is CC1NC(CO)CC2CCCCC21. The average Bonchev–Trinajstić information content (AvgIpc) is 2.18. The molecular weight excluding hydrogens is 162 g/mol. The molecule has 0 radical (unpaired) electrons. The Hall–Kier alpha value is -0.0800. The van der Waals surface area contributed by atoms with Gasteiger partial charge in [-0.1, -0.05) is 19.3 Å². The van der Waals surface area contributed by atoms with E-state index in [9.17, 15) is 0 Å². The van der Waals surface area contributed by atoms with Gasteiger partial charge in [-0.2, -0.15) is 0 Å². The van der Waals surface area contributed by atoms with Crippen LogP contribution in [0.5, 0.6) is 0 Å². The number of fused-ring (bicyclic) bond motifs is 1. The highest BCUT2D eigenvalue weighted by Crippen LogP contribution is 2.38. The first-order chi connectivity index (χ1) is 6.31. The van der Waals surface area contributed by atoms with Crippen LogP contribution in [0.25, 0.3) is 0 Å². The molecule has 2 aliphatic rings. The van der Waals surface area contributed by atoms with E-state index in [-0.39, 0.29) is 0 Å². The van der Waals surface area contributed by atoms with Crippen LogP contribution in [0.1, 0.15) is 39.0 Å². The van der Waals surface area contributed by atoms with Crippen molar-refractivity contribution in [2.24, 2.45) is 11.8 Å². The molecule has 76 valence electrons. The summed E-state index contributed by atoms with van der Waals surface area (Å²) in [5.41, 5.74) is 0. The summed E-state index contributed by atoms with van der Waals surface area (Å²) in [4.78, 5) is 0. The first kappa shape index (κ1) is 9.47. The molecular formula is C11H21NO. The van der Waals surface area contributed by atoms with E-state index in [0.29, 0.717) is 18.7 Å². The van der Waals surface area contributed by atoms with Crippen molar-refractivity contribution in [3.63, 3.8) is 0 Å². The maximum Gasteiger partial charge on any atom is 0.0584 e. The quantitative estimate of drug-likeness (QED) is 0.646. The molecule has 0 aromatic carbocycles. The van der Waals surface area contributed by atoms with Gasteiger partial charge in [0.2, 0.25) is 0 Å². The van der Waals surface area contributed by atoms with Gasteiger partial charge in [0.15, 0.2) is 0 Å². The van der Waals surface area contributed by atoms with Gasteiger partial charge < -0.3 is 10.4 Å². The summed E-state index contributed by atoms with van der Waals surface area (Å²) in [6.07, 6.45) is 6.82. The smallest absolute Gasteiger partial charge is 0.0584 e. The highest BCUT2D eigenvalue weighted by molar-refractivity contribution is 4.91. The van der Waals surface area contributed by atoms with E-state index in [2.05, 4.69) is 12.2 Å². The third kappa shape index (κ3) is 1.89. The van der Waals surface area contributed by atoms with Crippen molar-refractivity contribution >= 4 is 0 Å². The van der Waals surface area contributed by atoms with Crippen LogP contribution in [0.3, 0.4) is 0 Å². The van der Waals surface area contributed by atoms with Crippen LogP contribution < -0.4 is 5.32 Å². The van der Waals surface area contributed by atoms with E-state index in [0.717, 1.165) is 11.8 Å². The normalized spacial score (nSPS) is 45.7. The number of hydrogen-bond acceptors (Lipinski definition) is 2. The second kappa shape index (κ2) is 3.97. The predicted molar refractivity (Wildman–Crippen MR) is 53.5 cm³/mol. The molecule has 0 aromatic rings. The zero-order valence-corrected chi connectivity index (χ0v) is 8.50. The van der Waals surface area contributed by atoms with Gasteiger partial charge in [0, 0.05) is 12.1 Å². The molecule has 4 unspecified atom stereocenters. The second-order valence-electron chi connectivity index (χ2n) is 4.78. The number of nitrogens with one attached hydrogen (secondary N) is 1. The van der Waals surface area contributed by atoms with Gasteiger partial charge in [-0.15, -0.1) is 0 Å². The van der Waals surface area contributed by atoms with Crippen molar-refractivity contribution in [1.82, 2.24) is 5.32 Å². The van der Waals surface area contributed by atoms with E-state index < -0.39 is 0 Å². The molecule has 0 bridgehead atoms. The lowest BCUT2D eigenvalue weighted by molar-refractivity contribution is 0.0858. The Labute approximate surface area is 80.7 Å². The van der Waals surface area contributed by atoms with Gasteiger partial charge in [0.05, 0.1) is 6.61 Å². The Balaban J connectivity index is 1.99.